The second-order valence-corrected chi connectivity index (χ2v) is 11.5. The molecular weight excluding hydrogens is 597 g/mol. The van der Waals surface area contributed by atoms with E-state index >= 15 is 8.78 Å². The number of hydrogen-bond acceptors (Lipinski definition) is 5. The molecule has 1 unspecified atom stereocenters. The molecule has 2 aromatic heterocycles. The molecule has 5 aromatic rings. The Morgan fingerprint density at radius 3 is 2.59 bits per heavy atom. The van der Waals surface area contributed by atoms with Gasteiger partial charge in [-0.2, -0.15) is 13.2 Å². The lowest BCUT2D eigenvalue weighted by Crippen LogP contribution is -2.31. The summed E-state index contributed by atoms with van der Waals surface area (Å²) in [5, 5.41) is 5.70. The Hall–Kier alpha value is -4.38. The molecule has 0 bridgehead atoms. The van der Waals surface area contributed by atoms with Gasteiger partial charge >= 0.3 is 6.18 Å². The summed E-state index contributed by atoms with van der Waals surface area (Å²) in [6.07, 6.45) is -1.81. The number of nitrogens with zero attached hydrogens (tertiary/aromatic N) is 2. The largest absolute Gasteiger partial charge is 0.494 e. The third-order valence-electron chi connectivity index (χ3n) is 7.95. The third kappa shape index (κ3) is 5.19. The minimum Gasteiger partial charge on any atom is -0.494 e. The fourth-order valence-corrected chi connectivity index (χ4v) is 7.18. The highest BCUT2D eigenvalue weighted by atomic mass is 32.2. The summed E-state index contributed by atoms with van der Waals surface area (Å²) in [6, 6.07) is 14.4. The van der Waals surface area contributed by atoms with Crippen molar-refractivity contribution in [2.24, 2.45) is 0 Å². The average Bonchev–Trinajstić information content (AvgIpc) is 3.43. The molecule has 1 aliphatic rings. The minimum absolute atomic E-state index is 0.00576. The molecule has 0 fully saturated rings. The number of hydrogen-bond donors (Lipinski definition) is 1. The van der Waals surface area contributed by atoms with Gasteiger partial charge in [0.05, 0.1) is 29.3 Å². The lowest BCUT2D eigenvalue weighted by Gasteiger charge is -2.22. The predicted octanol–water partition coefficient (Wildman–Crippen LogP) is 8.03. The molecule has 0 saturated heterocycles. The number of methoxy groups -OCH3 is 1. The lowest BCUT2D eigenvalue weighted by atomic mass is 9.92. The molecule has 5 nitrogen and oxygen atoms in total. The van der Waals surface area contributed by atoms with Crippen LogP contribution < -0.4 is 15.6 Å². The molecule has 3 heterocycles. The topological polar surface area (TPSA) is 56.1 Å². The maximum absolute atomic E-state index is 15.6. The van der Waals surface area contributed by atoms with Crippen LogP contribution in [0.15, 0.2) is 82.9 Å². The maximum atomic E-state index is 15.6. The van der Waals surface area contributed by atoms with Crippen molar-refractivity contribution in [3.05, 3.63) is 117 Å². The number of benzene rings is 3. The monoisotopic (exact) mass is 623 g/mol. The Morgan fingerprint density at radius 1 is 1.05 bits per heavy atom. The van der Waals surface area contributed by atoms with Gasteiger partial charge in [-0.05, 0) is 48.4 Å². The first-order chi connectivity index (χ1) is 21.1. The van der Waals surface area contributed by atoms with Gasteiger partial charge in [-0.1, -0.05) is 30.3 Å². The van der Waals surface area contributed by atoms with Crippen molar-refractivity contribution >= 4 is 28.2 Å². The molecule has 0 spiro atoms. The Bertz CT molecular complexity index is 1950. The molecule has 1 aliphatic heterocycles. The third-order valence-corrected chi connectivity index (χ3v) is 9.22. The second kappa shape index (κ2) is 11.6. The Labute approximate surface area is 253 Å². The molecule has 0 saturated carbocycles. The fourth-order valence-electron chi connectivity index (χ4n) is 5.79. The number of fused-ring (bicyclic) bond motifs is 2. The van der Waals surface area contributed by atoms with Crippen molar-refractivity contribution in [1.29, 1.82) is 0 Å². The van der Waals surface area contributed by atoms with E-state index in [0.29, 0.717) is 22.9 Å². The van der Waals surface area contributed by atoms with Crippen molar-refractivity contribution in [2.45, 2.75) is 30.6 Å². The SMILES string of the molecule is COc1cccc(-c2c(C)c(Cc3c(F)cccc3C(F)(F)F)c3n(c2=O)C(CNc2cccc4cnccc24)CS3)c1F. The molecule has 0 aliphatic carbocycles. The van der Waals surface area contributed by atoms with Gasteiger partial charge in [0, 0.05) is 58.7 Å². The molecule has 3 aromatic carbocycles. The van der Waals surface area contributed by atoms with Crippen LogP contribution in [-0.4, -0.2) is 29.0 Å². The van der Waals surface area contributed by atoms with E-state index in [9.17, 15) is 18.0 Å². The number of anilines is 1. The van der Waals surface area contributed by atoms with Gasteiger partial charge in [-0.3, -0.25) is 14.3 Å². The standard InChI is InChI=1S/C33H26F5N3O2S/c1-18-23(14-24-25(33(36,37)38)8-5-9-26(24)34)32-41(31(42)29(18)22-7-4-11-28(43-2)30(22)35)20(17-44-32)16-40-27-10-3-6-19-15-39-13-12-21(19)27/h3-13,15,20,40H,14,16-17H2,1-2H3. The summed E-state index contributed by atoms with van der Waals surface area (Å²) < 4.78 is 79.3. The summed E-state index contributed by atoms with van der Waals surface area (Å²) in [4.78, 5) is 18.4. The van der Waals surface area contributed by atoms with E-state index in [1.807, 2.05) is 24.3 Å². The average molecular weight is 624 g/mol. The molecule has 0 amide bonds. The van der Waals surface area contributed by atoms with E-state index in [0.717, 1.165) is 34.7 Å². The van der Waals surface area contributed by atoms with E-state index in [4.69, 9.17) is 4.74 Å². The van der Waals surface area contributed by atoms with Crippen LogP contribution in [0.5, 0.6) is 5.75 Å². The zero-order valence-corrected chi connectivity index (χ0v) is 24.5. The molecule has 11 heteroatoms. The number of thioether (sulfide) groups is 1. The number of rotatable bonds is 7. The number of nitrogens with one attached hydrogen (secondary N) is 1. The molecule has 44 heavy (non-hydrogen) atoms. The van der Waals surface area contributed by atoms with Crippen molar-refractivity contribution in [1.82, 2.24) is 9.55 Å². The Balaban J connectivity index is 1.51. The molecule has 0 radical (unpaired) electrons. The first-order valence-electron chi connectivity index (χ1n) is 13.7. The van der Waals surface area contributed by atoms with Gasteiger partial charge in [0.1, 0.15) is 5.82 Å². The highest BCUT2D eigenvalue weighted by Gasteiger charge is 2.37. The predicted molar refractivity (Wildman–Crippen MR) is 162 cm³/mol. The number of ether oxygens (including phenoxy) is 1. The van der Waals surface area contributed by atoms with Gasteiger partial charge in [0.15, 0.2) is 11.6 Å². The van der Waals surface area contributed by atoms with E-state index < -0.39 is 47.0 Å². The van der Waals surface area contributed by atoms with Crippen LogP contribution in [0.1, 0.15) is 28.3 Å². The van der Waals surface area contributed by atoms with Gasteiger partial charge in [-0.15, -0.1) is 11.8 Å². The maximum Gasteiger partial charge on any atom is 0.416 e. The second-order valence-electron chi connectivity index (χ2n) is 10.5. The molecular formula is C33H26F5N3O2S. The van der Waals surface area contributed by atoms with Crippen LogP contribution >= 0.6 is 11.8 Å². The van der Waals surface area contributed by atoms with Gasteiger partial charge < -0.3 is 10.1 Å². The Kier molecular flexibility index (Phi) is 7.83. The van der Waals surface area contributed by atoms with E-state index in [1.54, 1.807) is 19.3 Å². The highest BCUT2D eigenvalue weighted by molar-refractivity contribution is 7.99. The molecule has 226 valence electrons. The van der Waals surface area contributed by atoms with Gasteiger partial charge in [-0.25, -0.2) is 8.78 Å². The Morgan fingerprint density at radius 2 is 1.82 bits per heavy atom. The number of pyridine rings is 2. The van der Waals surface area contributed by atoms with Crippen molar-refractivity contribution < 1.29 is 26.7 Å². The van der Waals surface area contributed by atoms with Crippen molar-refractivity contribution in [3.63, 3.8) is 0 Å². The first-order valence-corrected chi connectivity index (χ1v) is 14.7. The highest BCUT2D eigenvalue weighted by Crippen LogP contribution is 2.42. The molecule has 1 N–H and O–H groups in total. The molecule has 1 atom stereocenters. The van der Waals surface area contributed by atoms with Crippen LogP contribution in [0.25, 0.3) is 21.9 Å². The van der Waals surface area contributed by atoms with Gasteiger partial charge in [0.25, 0.3) is 5.56 Å². The summed E-state index contributed by atoms with van der Waals surface area (Å²) in [6.45, 7) is 1.87. The van der Waals surface area contributed by atoms with E-state index in [2.05, 4.69) is 10.3 Å². The zero-order chi connectivity index (χ0) is 31.2. The van der Waals surface area contributed by atoms with Gasteiger partial charge in [0.2, 0.25) is 0 Å². The smallest absolute Gasteiger partial charge is 0.416 e. The van der Waals surface area contributed by atoms with Crippen LogP contribution in [0.3, 0.4) is 0 Å². The van der Waals surface area contributed by atoms with E-state index in [-0.39, 0.29) is 22.4 Å². The summed E-state index contributed by atoms with van der Waals surface area (Å²) in [7, 11) is 1.30. The molecule has 6 rings (SSSR count). The van der Waals surface area contributed by atoms with Crippen LogP contribution in [0, 0.1) is 18.6 Å². The summed E-state index contributed by atoms with van der Waals surface area (Å²) >= 11 is 1.31. The van der Waals surface area contributed by atoms with Crippen molar-refractivity contribution in [2.75, 3.05) is 24.7 Å². The van der Waals surface area contributed by atoms with Crippen molar-refractivity contribution in [3.8, 4) is 16.9 Å². The lowest BCUT2D eigenvalue weighted by molar-refractivity contribution is -0.138. The van der Waals surface area contributed by atoms with E-state index in [1.165, 1.54) is 41.6 Å². The normalized spacial score (nSPS) is 14.6. The van der Waals surface area contributed by atoms with Crippen LogP contribution in [-0.2, 0) is 12.6 Å². The number of alkyl halides is 3. The zero-order valence-electron chi connectivity index (χ0n) is 23.6. The van der Waals surface area contributed by atoms with Crippen LogP contribution in [0.4, 0.5) is 27.6 Å². The first kappa shape index (κ1) is 29.7. The fraction of sp³-hybridized carbons (Fsp3) is 0.212. The number of halogens is 5. The minimum atomic E-state index is -4.80. The summed E-state index contributed by atoms with van der Waals surface area (Å²) in [5.41, 5.74) is -0.725. The quantitative estimate of drug-likeness (QED) is 0.186. The summed E-state index contributed by atoms with van der Waals surface area (Å²) in [5.74, 6) is -1.44. The number of aromatic nitrogens is 2. The van der Waals surface area contributed by atoms with Crippen LogP contribution in [0.2, 0.25) is 0 Å².